The normalized spacial score (nSPS) is 20.9. The lowest BCUT2D eigenvalue weighted by Crippen LogP contribution is -2.37. The Hall–Kier alpha value is -1.95. The molecule has 1 saturated heterocycles. The number of nitrogens with zero attached hydrogens (tertiary/aromatic N) is 2. The maximum Gasteiger partial charge on any atom is 0.303 e. The first-order chi connectivity index (χ1) is 9.97. The molecule has 1 fully saturated rings. The molecule has 114 valence electrons. The maximum absolute atomic E-state index is 10.8. The van der Waals surface area contributed by atoms with E-state index in [1.54, 1.807) is 12.1 Å². The van der Waals surface area contributed by atoms with Crippen LogP contribution in [0.15, 0.2) is 24.3 Å². The van der Waals surface area contributed by atoms with E-state index in [4.69, 9.17) is 5.11 Å². The van der Waals surface area contributed by atoms with Gasteiger partial charge in [0.1, 0.15) is 0 Å². The van der Waals surface area contributed by atoms with Crippen LogP contribution in [0.4, 0.5) is 5.69 Å². The Morgan fingerprint density at radius 2 is 2.14 bits per heavy atom. The van der Waals surface area contributed by atoms with Gasteiger partial charge in [0, 0.05) is 31.1 Å². The van der Waals surface area contributed by atoms with E-state index in [1.165, 1.54) is 12.1 Å². The maximum atomic E-state index is 10.8. The molecule has 0 aliphatic carbocycles. The van der Waals surface area contributed by atoms with E-state index in [1.807, 2.05) is 0 Å². The van der Waals surface area contributed by atoms with Gasteiger partial charge in [-0.15, -0.1) is 0 Å². The van der Waals surface area contributed by atoms with E-state index >= 15 is 0 Å². The van der Waals surface area contributed by atoms with Crippen LogP contribution >= 0.6 is 0 Å². The lowest BCUT2D eigenvalue weighted by atomic mass is 9.93. The molecule has 1 aromatic carbocycles. The molecule has 2 atom stereocenters. The van der Waals surface area contributed by atoms with Gasteiger partial charge in [-0.2, -0.15) is 0 Å². The molecule has 1 N–H and O–H groups in total. The Labute approximate surface area is 123 Å². The number of likely N-dealkylation sites (tertiary alicyclic amines) is 1. The zero-order valence-electron chi connectivity index (χ0n) is 12.1. The fourth-order valence-electron chi connectivity index (χ4n) is 2.95. The number of hydrogen-bond acceptors (Lipinski definition) is 4. The van der Waals surface area contributed by atoms with Gasteiger partial charge in [0.2, 0.25) is 0 Å². The molecular formula is C15H20N2O4. The Balaban J connectivity index is 2.03. The zero-order valence-corrected chi connectivity index (χ0v) is 12.1. The fraction of sp³-hybridized carbons (Fsp3) is 0.533. The topological polar surface area (TPSA) is 83.7 Å². The van der Waals surface area contributed by atoms with Crippen molar-refractivity contribution in [2.24, 2.45) is 5.92 Å². The predicted octanol–water partition coefficient (Wildman–Crippen LogP) is 2.84. The first kappa shape index (κ1) is 15.4. The Morgan fingerprint density at radius 3 is 2.71 bits per heavy atom. The van der Waals surface area contributed by atoms with Gasteiger partial charge in [-0.3, -0.25) is 19.8 Å². The van der Waals surface area contributed by atoms with Gasteiger partial charge in [-0.1, -0.05) is 12.1 Å². The second kappa shape index (κ2) is 6.67. The zero-order chi connectivity index (χ0) is 15.4. The van der Waals surface area contributed by atoms with Crippen molar-refractivity contribution >= 4 is 11.7 Å². The molecule has 6 nitrogen and oxygen atoms in total. The summed E-state index contributed by atoms with van der Waals surface area (Å²) >= 11 is 0. The molecule has 21 heavy (non-hydrogen) atoms. The summed E-state index contributed by atoms with van der Waals surface area (Å²) < 4.78 is 0. The van der Waals surface area contributed by atoms with Gasteiger partial charge in [0.05, 0.1) is 4.92 Å². The van der Waals surface area contributed by atoms with Gasteiger partial charge in [0.25, 0.3) is 5.69 Å². The number of nitro groups is 1. The molecule has 2 unspecified atom stereocenters. The number of carbonyl (C=O) groups is 1. The van der Waals surface area contributed by atoms with Gasteiger partial charge < -0.3 is 5.11 Å². The van der Waals surface area contributed by atoms with Crippen molar-refractivity contribution in [3.05, 3.63) is 39.9 Å². The molecule has 0 radical (unpaired) electrons. The first-order valence-electron chi connectivity index (χ1n) is 7.17. The summed E-state index contributed by atoms with van der Waals surface area (Å²) in [6, 6.07) is 6.74. The standard InChI is InChI=1S/C15H20N2O4/c1-11(13-4-6-14(7-5-13)17(20)21)16-8-2-3-12(10-16)9-15(18)19/h4-7,11-12H,2-3,8-10H2,1H3,(H,18,19). The van der Waals surface area contributed by atoms with Crippen LogP contribution in [0.1, 0.15) is 37.8 Å². The van der Waals surface area contributed by atoms with Crippen molar-refractivity contribution in [1.29, 1.82) is 0 Å². The van der Waals surface area contributed by atoms with Crippen LogP contribution in [0.5, 0.6) is 0 Å². The monoisotopic (exact) mass is 292 g/mol. The molecule has 0 bridgehead atoms. The van der Waals surface area contributed by atoms with E-state index < -0.39 is 10.9 Å². The minimum Gasteiger partial charge on any atom is -0.481 e. The molecule has 2 rings (SSSR count). The number of hydrogen-bond donors (Lipinski definition) is 1. The van der Waals surface area contributed by atoms with E-state index in [2.05, 4.69) is 11.8 Å². The highest BCUT2D eigenvalue weighted by Crippen LogP contribution is 2.28. The average molecular weight is 292 g/mol. The third kappa shape index (κ3) is 4.01. The number of carboxylic acids is 1. The molecule has 1 aliphatic rings. The molecule has 0 spiro atoms. The summed E-state index contributed by atoms with van der Waals surface area (Å²) in [5.41, 5.74) is 1.12. The quantitative estimate of drug-likeness (QED) is 0.666. The summed E-state index contributed by atoms with van der Waals surface area (Å²) in [5, 5.41) is 19.6. The number of piperidine rings is 1. The molecule has 1 aliphatic heterocycles. The highest BCUT2D eigenvalue weighted by Gasteiger charge is 2.25. The SMILES string of the molecule is CC(c1ccc([N+](=O)[O-])cc1)N1CCCC(CC(=O)O)C1. The average Bonchev–Trinajstić information content (AvgIpc) is 2.46. The van der Waals surface area contributed by atoms with E-state index in [0.717, 1.165) is 31.5 Å². The van der Waals surface area contributed by atoms with Crippen molar-refractivity contribution in [3.8, 4) is 0 Å². The lowest BCUT2D eigenvalue weighted by Gasteiger charge is -2.36. The van der Waals surface area contributed by atoms with Crippen LogP contribution < -0.4 is 0 Å². The molecule has 0 amide bonds. The lowest BCUT2D eigenvalue weighted by molar-refractivity contribution is -0.384. The number of aliphatic carboxylic acids is 1. The van der Waals surface area contributed by atoms with Crippen molar-refractivity contribution in [3.63, 3.8) is 0 Å². The van der Waals surface area contributed by atoms with Gasteiger partial charge >= 0.3 is 5.97 Å². The van der Waals surface area contributed by atoms with Crippen LogP contribution in [-0.2, 0) is 4.79 Å². The van der Waals surface area contributed by atoms with Crippen LogP contribution in [-0.4, -0.2) is 34.0 Å². The summed E-state index contributed by atoms with van der Waals surface area (Å²) in [5.74, 6) is -0.554. The number of nitro benzene ring substituents is 1. The summed E-state index contributed by atoms with van der Waals surface area (Å²) in [6.07, 6.45) is 2.16. The van der Waals surface area contributed by atoms with Crippen LogP contribution in [0.2, 0.25) is 0 Å². The summed E-state index contributed by atoms with van der Waals surface area (Å²) in [4.78, 5) is 23.4. The fourth-order valence-corrected chi connectivity index (χ4v) is 2.95. The highest BCUT2D eigenvalue weighted by atomic mass is 16.6. The number of rotatable bonds is 5. The minimum absolute atomic E-state index is 0.0911. The van der Waals surface area contributed by atoms with Crippen LogP contribution in [0, 0.1) is 16.0 Å². The second-order valence-corrected chi connectivity index (χ2v) is 5.63. The predicted molar refractivity (Wildman–Crippen MR) is 78.1 cm³/mol. The summed E-state index contributed by atoms with van der Waals surface area (Å²) in [6.45, 7) is 3.77. The minimum atomic E-state index is -0.746. The van der Waals surface area contributed by atoms with Crippen molar-refractivity contribution in [2.75, 3.05) is 13.1 Å². The van der Waals surface area contributed by atoms with Crippen molar-refractivity contribution in [2.45, 2.75) is 32.2 Å². The van der Waals surface area contributed by atoms with Gasteiger partial charge in [0.15, 0.2) is 0 Å². The Morgan fingerprint density at radius 1 is 1.48 bits per heavy atom. The molecule has 1 aromatic rings. The third-order valence-corrected chi connectivity index (χ3v) is 4.15. The molecular weight excluding hydrogens is 272 g/mol. The second-order valence-electron chi connectivity index (χ2n) is 5.63. The van der Waals surface area contributed by atoms with E-state index in [-0.39, 0.29) is 24.1 Å². The molecule has 0 saturated carbocycles. The van der Waals surface area contributed by atoms with Crippen LogP contribution in [0.3, 0.4) is 0 Å². The van der Waals surface area contributed by atoms with Crippen molar-refractivity contribution < 1.29 is 14.8 Å². The molecule has 6 heteroatoms. The van der Waals surface area contributed by atoms with E-state index in [9.17, 15) is 14.9 Å². The number of non-ortho nitro benzene ring substituents is 1. The molecule has 0 aromatic heterocycles. The van der Waals surface area contributed by atoms with Gasteiger partial charge in [-0.05, 0) is 37.8 Å². The highest BCUT2D eigenvalue weighted by molar-refractivity contribution is 5.67. The number of carboxylic acid groups (broad SMARTS) is 1. The Bertz CT molecular complexity index is 515. The molecule has 1 heterocycles. The van der Waals surface area contributed by atoms with Gasteiger partial charge in [-0.25, -0.2) is 0 Å². The van der Waals surface area contributed by atoms with Crippen molar-refractivity contribution in [1.82, 2.24) is 4.90 Å². The third-order valence-electron chi connectivity index (χ3n) is 4.15. The number of benzene rings is 1. The smallest absolute Gasteiger partial charge is 0.303 e. The Kier molecular flexibility index (Phi) is 4.90. The van der Waals surface area contributed by atoms with E-state index in [0.29, 0.717) is 0 Å². The first-order valence-corrected chi connectivity index (χ1v) is 7.17. The van der Waals surface area contributed by atoms with Crippen LogP contribution in [0.25, 0.3) is 0 Å². The summed E-state index contributed by atoms with van der Waals surface area (Å²) in [7, 11) is 0. The largest absolute Gasteiger partial charge is 0.481 e.